The maximum atomic E-state index is 12.4. The SMILES string of the molecule is Cc1nn(-c2ccccc2)c(C)c1CC(=O)O[C@@H](C)C(=O)NCc1ccccc1. The van der Waals surface area contributed by atoms with Gasteiger partial charge in [-0.05, 0) is 38.5 Å². The van der Waals surface area contributed by atoms with Crippen molar-refractivity contribution in [2.24, 2.45) is 0 Å². The first kappa shape index (κ1) is 20.3. The van der Waals surface area contributed by atoms with Gasteiger partial charge in [0.1, 0.15) is 0 Å². The van der Waals surface area contributed by atoms with Crippen LogP contribution in [0.2, 0.25) is 0 Å². The molecule has 6 heteroatoms. The van der Waals surface area contributed by atoms with Gasteiger partial charge in [-0.25, -0.2) is 4.68 Å². The topological polar surface area (TPSA) is 73.2 Å². The normalized spacial score (nSPS) is 11.7. The monoisotopic (exact) mass is 391 g/mol. The van der Waals surface area contributed by atoms with Gasteiger partial charge in [-0.15, -0.1) is 0 Å². The first-order valence-corrected chi connectivity index (χ1v) is 9.57. The minimum atomic E-state index is -0.865. The maximum absolute atomic E-state index is 12.4. The Morgan fingerprint density at radius 3 is 2.31 bits per heavy atom. The minimum absolute atomic E-state index is 0.0702. The first-order valence-electron chi connectivity index (χ1n) is 9.57. The molecule has 0 aliphatic carbocycles. The summed E-state index contributed by atoms with van der Waals surface area (Å²) in [4.78, 5) is 24.6. The summed E-state index contributed by atoms with van der Waals surface area (Å²) >= 11 is 0. The summed E-state index contributed by atoms with van der Waals surface area (Å²) in [5, 5.41) is 7.32. The second-order valence-corrected chi connectivity index (χ2v) is 6.91. The van der Waals surface area contributed by atoms with Crippen molar-refractivity contribution in [2.75, 3.05) is 0 Å². The average molecular weight is 391 g/mol. The molecule has 29 heavy (non-hydrogen) atoms. The molecule has 0 aliphatic rings. The van der Waals surface area contributed by atoms with E-state index in [1.807, 2.05) is 79.2 Å². The third-order valence-corrected chi connectivity index (χ3v) is 4.75. The van der Waals surface area contributed by atoms with Crippen LogP contribution >= 0.6 is 0 Å². The Morgan fingerprint density at radius 2 is 1.66 bits per heavy atom. The molecule has 0 bridgehead atoms. The number of hydrogen-bond acceptors (Lipinski definition) is 4. The van der Waals surface area contributed by atoms with E-state index in [1.165, 1.54) is 0 Å². The summed E-state index contributed by atoms with van der Waals surface area (Å²) in [6.07, 6.45) is -0.795. The molecule has 1 heterocycles. The molecule has 1 amide bonds. The number of hydrogen-bond donors (Lipinski definition) is 1. The Labute approximate surface area is 170 Å². The van der Waals surface area contributed by atoms with Gasteiger partial charge in [0.15, 0.2) is 6.10 Å². The van der Waals surface area contributed by atoms with Crippen LogP contribution in [0, 0.1) is 13.8 Å². The van der Waals surface area contributed by atoms with E-state index in [1.54, 1.807) is 6.92 Å². The van der Waals surface area contributed by atoms with E-state index in [2.05, 4.69) is 10.4 Å². The lowest BCUT2D eigenvalue weighted by Gasteiger charge is -2.14. The van der Waals surface area contributed by atoms with Crippen molar-refractivity contribution < 1.29 is 14.3 Å². The van der Waals surface area contributed by atoms with Crippen LogP contribution in [0.4, 0.5) is 0 Å². The lowest BCUT2D eigenvalue weighted by Crippen LogP contribution is -2.35. The summed E-state index contributed by atoms with van der Waals surface area (Å²) in [5.74, 6) is -0.776. The van der Waals surface area contributed by atoms with Crippen molar-refractivity contribution in [3.05, 3.63) is 83.2 Å². The number of aromatic nitrogens is 2. The quantitative estimate of drug-likeness (QED) is 0.628. The minimum Gasteiger partial charge on any atom is -0.452 e. The number of nitrogens with zero attached hydrogens (tertiary/aromatic N) is 2. The fourth-order valence-electron chi connectivity index (χ4n) is 3.12. The average Bonchev–Trinajstić information content (AvgIpc) is 3.01. The molecule has 2 aromatic carbocycles. The van der Waals surface area contributed by atoms with E-state index in [4.69, 9.17) is 4.74 Å². The molecule has 1 atom stereocenters. The number of nitrogens with one attached hydrogen (secondary N) is 1. The van der Waals surface area contributed by atoms with E-state index < -0.39 is 12.1 Å². The number of carbonyl (C=O) groups is 2. The molecule has 0 spiro atoms. The molecule has 1 N–H and O–H groups in total. The van der Waals surface area contributed by atoms with Gasteiger partial charge in [-0.2, -0.15) is 5.10 Å². The largest absolute Gasteiger partial charge is 0.452 e. The number of rotatable bonds is 7. The lowest BCUT2D eigenvalue weighted by atomic mass is 10.1. The van der Waals surface area contributed by atoms with Crippen LogP contribution in [-0.4, -0.2) is 27.8 Å². The second-order valence-electron chi connectivity index (χ2n) is 6.91. The molecule has 0 radical (unpaired) electrons. The Kier molecular flexibility index (Phi) is 6.44. The summed E-state index contributed by atoms with van der Waals surface area (Å²) in [6.45, 7) is 5.76. The van der Waals surface area contributed by atoms with Gasteiger partial charge < -0.3 is 10.1 Å². The number of benzene rings is 2. The predicted molar refractivity (Wildman–Crippen MR) is 111 cm³/mol. The summed E-state index contributed by atoms with van der Waals surface area (Å²) in [5.41, 5.74) is 4.38. The van der Waals surface area contributed by atoms with Crippen LogP contribution < -0.4 is 5.32 Å². The highest BCUT2D eigenvalue weighted by atomic mass is 16.5. The van der Waals surface area contributed by atoms with Crippen molar-refractivity contribution in [3.63, 3.8) is 0 Å². The van der Waals surface area contributed by atoms with Crippen LogP contribution in [0.25, 0.3) is 5.69 Å². The number of amides is 1. The van der Waals surface area contributed by atoms with Gasteiger partial charge in [-0.1, -0.05) is 48.5 Å². The van der Waals surface area contributed by atoms with Gasteiger partial charge in [0.05, 0.1) is 17.8 Å². The number of ether oxygens (including phenoxy) is 1. The van der Waals surface area contributed by atoms with Gasteiger partial charge in [0, 0.05) is 17.8 Å². The molecule has 1 aromatic heterocycles. The van der Waals surface area contributed by atoms with Crippen LogP contribution in [0.15, 0.2) is 60.7 Å². The summed E-state index contributed by atoms with van der Waals surface area (Å²) in [6, 6.07) is 19.3. The molecule has 3 aromatic rings. The number of esters is 1. The fourth-order valence-corrected chi connectivity index (χ4v) is 3.12. The van der Waals surface area contributed by atoms with Crippen LogP contribution in [0.1, 0.15) is 29.4 Å². The highest BCUT2D eigenvalue weighted by molar-refractivity contribution is 5.84. The molecule has 0 aliphatic heterocycles. The van der Waals surface area contributed by atoms with Crippen molar-refractivity contribution in [1.82, 2.24) is 15.1 Å². The van der Waals surface area contributed by atoms with Crippen LogP contribution in [0.5, 0.6) is 0 Å². The van der Waals surface area contributed by atoms with Crippen molar-refractivity contribution in [1.29, 1.82) is 0 Å². The predicted octanol–water partition coefficient (Wildman–Crippen LogP) is 3.28. The molecule has 150 valence electrons. The van der Waals surface area contributed by atoms with Crippen molar-refractivity contribution >= 4 is 11.9 Å². The van der Waals surface area contributed by atoms with Crippen LogP contribution in [-0.2, 0) is 27.3 Å². The number of aryl methyl sites for hydroxylation is 1. The van der Waals surface area contributed by atoms with Gasteiger partial charge in [0.2, 0.25) is 0 Å². The standard InChI is InChI=1S/C23H25N3O3/c1-16-21(17(2)26(25-16)20-12-8-5-9-13-20)14-22(27)29-18(3)23(28)24-15-19-10-6-4-7-11-19/h4-13,18H,14-15H2,1-3H3,(H,24,28)/t18-/m0/s1. The zero-order chi connectivity index (χ0) is 20.8. The maximum Gasteiger partial charge on any atom is 0.311 e. The molecular weight excluding hydrogens is 366 g/mol. The van der Waals surface area contributed by atoms with E-state index in [9.17, 15) is 9.59 Å². The zero-order valence-electron chi connectivity index (χ0n) is 16.9. The third-order valence-electron chi connectivity index (χ3n) is 4.75. The highest BCUT2D eigenvalue weighted by Gasteiger charge is 2.21. The Morgan fingerprint density at radius 1 is 1.03 bits per heavy atom. The van der Waals surface area contributed by atoms with E-state index in [0.717, 1.165) is 28.2 Å². The van der Waals surface area contributed by atoms with Gasteiger partial charge in [0.25, 0.3) is 5.91 Å². The van der Waals surface area contributed by atoms with Gasteiger partial charge >= 0.3 is 5.97 Å². The molecule has 0 unspecified atom stereocenters. The Bertz CT molecular complexity index is 981. The second kappa shape index (κ2) is 9.19. The highest BCUT2D eigenvalue weighted by Crippen LogP contribution is 2.19. The lowest BCUT2D eigenvalue weighted by molar-refractivity contribution is -0.154. The van der Waals surface area contributed by atoms with E-state index >= 15 is 0 Å². The van der Waals surface area contributed by atoms with Gasteiger partial charge in [-0.3, -0.25) is 9.59 Å². The molecule has 3 rings (SSSR count). The zero-order valence-corrected chi connectivity index (χ0v) is 16.9. The summed E-state index contributed by atoms with van der Waals surface area (Å²) < 4.78 is 7.15. The Hall–Kier alpha value is -3.41. The van der Waals surface area contributed by atoms with E-state index in [-0.39, 0.29) is 12.3 Å². The Balaban J connectivity index is 1.59. The fraction of sp³-hybridized carbons (Fsp3) is 0.261. The smallest absolute Gasteiger partial charge is 0.311 e. The van der Waals surface area contributed by atoms with E-state index in [0.29, 0.717) is 6.54 Å². The molecule has 0 saturated heterocycles. The van der Waals surface area contributed by atoms with Crippen LogP contribution in [0.3, 0.4) is 0 Å². The molecule has 0 fully saturated rings. The molecule has 6 nitrogen and oxygen atoms in total. The first-order chi connectivity index (χ1) is 14.0. The molecular formula is C23H25N3O3. The summed E-state index contributed by atoms with van der Waals surface area (Å²) in [7, 11) is 0. The number of carbonyl (C=O) groups excluding carboxylic acids is 2. The number of para-hydroxylation sites is 1. The third kappa shape index (κ3) is 5.10. The molecule has 0 saturated carbocycles. The van der Waals surface area contributed by atoms with Crippen molar-refractivity contribution in [3.8, 4) is 5.69 Å². The van der Waals surface area contributed by atoms with Crippen molar-refractivity contribution in [2.45, 2.75) is 39.8 Å².